The number of aldehydes is 1. The lowest BCUT2D eigenvalue weighted by molar-refractivity contribution is -0.118. The van der Waals surface area contributed by atoms with Gasteiger partial charge in [-0.1, -0.05) is 11.6 Å². The monoisotopic (exact) mass is 468 g/mol. The summed E-state index contributed by atoms with van der Waals surface area (Å²) in [5.41, 5.74) is 0.548. The zero-order chi connectivity index (χ0) is 22.4. The largest absolute Gasteiger partial charge is 0.493 e. The number of anilines is 1. The molecule has 1 N–H and O–H groups in total. The SMILES string of the molecule is COc1cc(C=O)ccc1OCC(=O)Nc1cc(S(=O)(=O)N2CCOCC2)ccc1Cl. The fraction of sp³-hybridized carbons (Fsp3) is 0.300. The van der Waals surface area contributed by atoms with E-state index in [1.54, 1.807) is 0 Å². The van der Waals surface area contributed by atoms with Crippen LogP contribution in [-0.4, -0.2) is 64.9 Å². The van der Waals surface area contributed by atoms with Gasteiger partial charge < -0.3 is 19.5 Å². The summed E-state index contributed by atoms with van der Waals surface area (Å²) in [6, 6.07) is 8.63. The number of nitrogens with one attached hydrogen (secondary N) is 1. The van der Waals surface area contributed by atoms with E-state index in [0.717, 1.165) is 0 Å². The van der Waals surface area contributed by atoms with E-state index in [-0.39, 0.29) is 41.1 Å². The third-order valence-corrected chi connectivity index (χ3v) is 6.73. The number of rotatable bonds is 8. The van der Waals surface area contributed by atoms with Gasteiger partial charge in [0, 0.05) is 18.7 Å². The van der Waals surface area contributed by atoms with Crippen LogP contribution in [-0.2, 0) is 19.6 Å². The van der Waals surface area contributed by atoms with E-state index < -0.39 is 15.9 Å². The Morgan fingerprint density at radius 3 is 2.61 bits per heavy atom. The van der Waals surface area contributed by atoms with Gasteiger partial charge in [0.15, 0.2) is 18.1 Å². The summed E-state index contributed by atoms with van der Waals surface area (Å²) in [6.45, 7) is 0.778. The summed E-state index contributed by atoms with van der Waals surface area (Å²) in [7, 11) is -2.33. The highest BCUT2D eigenvalue weighted by Gasteiger charge is 2.27. The topological polar surface area (TPSA) is 111 Å². The standard InChI is InChI=1S/C20H21ClN2O7S/c1-28-19-10-14(12-24)2-5-18(19)30-13-20(25)22-17-11-15(3-4-16(17)21)31(26,27)23-6-8-29-9-7-23/h2-5,10-12H,6-9,13H2,1H3,(H,22,25). The van der Waals surface area contributed by atoms with E-state index in [4.69, 9.17) is 25.8 Å². The fourth-order valence-electron chi connectivity index (χ4n) is 2.90. The molecule has 1 heterocycles. The van der Waals surface area contributed by atoms with E-state index in [0.29, 0.717) is 30.8 Å². The molecule has 0 atom stereocenters. The number of hydrogen-bond acceptors (Lipinski definition) is 7. The van der Waals surface area contributed by atoms with Crippen molar-refractivity contribution in [2.75, 3.05) is 45.3 Å². The van der Waals surface area contributed by atoms with Crippen molar-refractivity contribution in [3.8, 4) is 11.5 Å². The number of sulfonamides is 1. The first-order valence-corrected chi connectivity index (χ1v) is 11.1. The summed E-state index contributed by atoms with van der Waals surface area (Å²) in [6.07, 6.45) is 0.666. The molecule has 0 spiro atoms. The highest BCUT2D eigenvalue weighted by Crippen LogP contribution is 2.29. The van der Waals surface area contributed by atoms with E-state index in [2.05, 4.69) is 5.32 Å². The second-order valence-corrected chi connectivity index (χ2v) is 8.87. The van der Waals surface area contributed by atoms with Crippen LogP contribution in [0.15, 0.2) is 41.3 Å². The van der Waals surface area contributed by atoms with Crippen molar-refractivity contribution in [2.24, 2.45) is 0 Å². The second kappa shape index (κ2) is 10.1. The van der Waals surface area contributed by atoms with Gasteiger partial charge in [-0.3, -0.25) is 9.59 Å². The Morgan fingerprint density at radius 2 is 1.94 bits per heavy atom. The molecule has 9 nitrogen and oxygen atoms in total. The van der Waals surface area contributed by atoms with Gasteiger partial charge in [0.05, 0.1) is 35.9 Å². The predicted octanol–water partition coefficient (Wildman–Crippen LogP) is 2.20. The molecular formula is C20H21ClN2O7S. The summed E-state index contributed by atoms with van der Waals surface area (Å²) < 4.78 is 42.8. The van der Waals surface area contributed by atoms with Crippen molar-refractivity contribution >= 4 is 39.5 Å². The Labute approximate surface area is 184 Å². The van der Waals surface area contributed by atoms with Crippen LogP contribution in [0.5, 0.6) is 11.5 Å². The highest BCUT2D eigenvalue weighted by molar-refractivity contribution is 7.89. The number of carbonyl (C=O) groups excluding carboxylic acids is 2. The van der Waals surface area contributed by atoms with Gasteiger partial charge in [0.1, 0.15) is 6.29 Å². The fourth-order valence-corrected chi connectivity index (χ4v) is 4.50. The maximum absolute atomic E-state index is 12.8. The molecule has 11 heteroatoms. The van der Waals surface area contributed by atoms with Crippen molar-refractivity contribution in [3.63, 3.8) is 0 Å². The molecule has 0 unspecified atom stereocenters. The zero-order valence-electron chi connectivity index (χ0n) is 16.7. The Morgan fingerprint density at radius 1 is 1.19 bits per heavy atom. The smallest absolute Gasteiger partial charge is 0.262 e. The Balaban J connectivity index is 1.70. The van der Waals surface area contributed by atoms with E-state index >= 15 is 0 Å². The van der Waals surface area contributed by atoms with E-state index in [9.17, 15) is 18.0 Å². The van der Waals surface area contributed by atoms with E-state index in [1.165, 1.54) is 47.8 Å². The molecule has 31 heavy (non-hydrogen) atoms. The maximum Gasteiger partial charge on any atom is 0.262 e. The quantitative estimate of drug-likeness (QED) is 0.591. The third kappa shape index (κ3) is 5.53. The Hall–Kier alpha value is -2.66. The van der Waals surface area contributed by atoms with E-state index in [1.807, 2.05) is 0 Å². The molecule has 1 aliphatic heterocycles. The number of halogens is 1. The van der Waals surface area contributed by atoms with Crippen molar-refractivity contribution in [2.45, 2.75) is 4.90 Å². The first kappa shape index (κ1) is 23.0. The Kier molecular flexibility index (Phi) is 7.50. The second-order valence-electron chi connectivity index (χ2n) is 6.52. The molecule has 166 valence electrons. The summed E-state index contributed by atoms with van der Waals surface area (Å²) in [5.74, 6) is 0.0244. The first-order chi connectivity index (χ1) is 14.8. The summed E-state index contributed by atoms with van der Waals surface area (Å²) >= 11 is 6.14. The minimum Gasteiger partial charge on any atom is -0.493 e. The van der Waals surface area contributed by atoms with Crippen LogP contribution in [0.4, 0.5) is 5.69 Å². The van der Waals surface area contributed by atoms with Gasteiger partial charge in [-0.05, 0) is 36.4 Å². The molecule has 0 aliphatic carbocycles. The lowest BCUT2D eigenvalue weighted by Crippen LogP contribution is -2.40. The number of carbonyl (C=O) groups is 2. The number of hydrogen-bond donors (Lipinski definition) is 1. The molecule has 3 rings (SSSR count). The molecule has 0 aromatic heterocycles. The molecule has 1 amide bonds. The lowest BCUT2D eigenvalue weighted by Gasteiger charge is -2.26. The van der Waals surface area contributed by atoms with Crippen molar-refractivity contribution in [1.29, 1.82) is 0 Å². The Bertz CT molecular complexity index is 1070. The van der Waals surface area contributed by atoms with Crippen molar-refractivity contribution in [1.82, 2.24) is 4.31 Å². The van der Waals surface area contributed by atoms with Crippen LogP contribution in [0.1, 0.15) is 10.4 Å². The number of amides is 1. The molecule has 0 bridgehead atoms. The van der Waals surface area contributed by atoms with Crippen LogP contribution in [0.3, 0.4) is 0 Å². The number of benzene rings is 2. The number of methoxy groups -OCH3 is 1. The van der Waals surface area contributed by atoms with Crippen LogP contribution in [0, 0.1) is 0 Å². The molecule has 2 aromatic carbocycles. The number of morpholine rings is 1. The molecule has 2 aromatic rings. The maximum atomic E-state index is 12.8. The summed E-state index contributed by atoms with van der Waals surface area (Å²) in [4.78, 5) is 23.2. The summed E-state index contributed by atoms with van der Waals surface area (Å²) in [5, 5.41) is 2.74. The van der Waals surface area contributed by atoms with Crippen molar-refractivity contribution in [3.05, 3.63) is 47.0 Å². The van der Waals surface area contributed by atoms with Crippen molar-refractivity contribution < 1.29 is 32.2 Å². The first-order valence-electron chi connectivity index (χ1n) is 9.28. The molecule has 0 saturated carbocycles. The van der Waals surface area contributed by atoms with Gasteiger partial charge >= 0.3 is 0 Å². The average Bonchev–Trinajstić information content (AvgIpc) is 2.79. The van der Waals surface area contributed by atoms with Gasteiger partial charge in [-0.15, -0.1) is 0 Å². The van der Waals surface area contributed by atoms with Crippen LogP contribution in [0.25, 0.3) is 0 Å². The van der Waals surface area contributed by atoms with Gasteiger partial charge in [0.25, 0.3) is 5.91 Å². The lowest BCUT2D eigenvalue weighted by atomic mass is 10.2. The minimum atomic E-state index is -3.74. The molecule has 1 fully saturated rings. The van der Waals surface area contributed by atoms with Crippen LogP contribution >= 0.6 is 11.6 Å². The minimum absolute atomic E-state index is 0.0149. The predicted molar refractivity (Wildman–Crippen MR) is 114 cm³/mol. The normalized spacial score (nSPS) is 14.6. The van der Waals surface area contributed by atoms with Crippen LogP contribution in [0.2, 0.25) is 5.02 Å². The molecule has 1 saturated heterocycles. The molecule has 0 radical (unpaired) electrons. The number of ether oxygens (including phenoxy) is 3. The molecular weight excluding hydrogens is 448 g/mol. The molecule has 1 aliphatic rings. The highest BCUT2D eigenvalue weighted by atomic mass is 35.5. The zero-order valence-corrected chi connectivity index (χ0v) is 18.2. The van der Waals surface area contributed by atoms with Gasteiger partial charge in [-0.2, -0.15) is 4.31 Å². The van der Waals surface area contributed by atoms with Gasteiger partial charge in [-0.25, -0.2) is 8.42 Å². The third-order valence-electron chi connectivity index (χ3n) is 4.50. The number of nitrogens with zero attached hydrogens (tertiary/aromatic N) is 1. The van der Waals surface area contributed by atoms with Crippen LogP contribution < -0.4 is 14.8 Å². The average molecular weight is 469 g/mol. The van der Waals surface area contributed by atoms with Gasteiger partial charge in [0.2, 0.25) is 10.0 Å².